The van der Waals surface area contributed by atoms with Crippen molar-refractivity contribution in [1.82, 2.24) is 9.97 Å². The molecule has 7 heteroatoms. The maximum absolute atomic E-state index is 9.87. The second kappa shape index (κ2) is 9.88. The molecule has 31 heavy (non-hydrogen) atoms. The third kappa shape index (κ3) is 6.58. The van der Waals surface area contributed by atoms with Crippen LogP contribution >= 0.6 is 11.6 Å². The van der Waals surface area contributed by atoms with Crippen LogP contribution in [0.4, 0.5) is 5.82 Å². The summed E-state index contributed by atoms with van der Waals surface area (Å²) in [5, 5.41) is 10.2. The van der Waals surface area contributed by atoms with Crippen molar-refractivity contribution in [3.8, 4) is 11.6 Å². The molecule has 0 spiro atoms. The lowest BCUT2D eigenvalue weighted by Crippen LogP contribution is -2.29. The molecule has 1 aromatic heterocycles. The Bertz CT molecular complexity index is 896. The summed E-state index contributed by atoms with van der Waals surface area (Å²) in [5.74, 6) is 2.21. The first-order valence-electron chi connectivity index (χ1n) is 10.6. The molecule has 1 N–H and O–H groups in total. The van der Waals surface area contributed by atoms with Crippen molar-refractivity contribution in [2.24, 2.45) is 0 Å². The fourth-order valence-electron chi connectivity index (χ4n) is 3.64. The second-order valence-corrected chi connectivity index (χ2v) is 9.40. The molecule has 2 atom stereocenters. The topological polar surface area (TPSA) is 67.7 Å². The van der Waals surface area contributed by atoms with Crippen LogP contribution in [0.3, 0.4) is 0 Å². The summed E-state index contributed by atoms with van der Waals surface area (Å²) < 4.78 is 11.8. The van der Waals surface area contributed by atoms with Crippen LogP contribution in [0.5, 0.6) is 11.6 Å². The van der Waals surface area contributed by atoms with Crippen molar-refractivity contribution in [2.75, 3.05) is 24.6 Å². The molecular formula is C24H32ClN3O3. The molecule has 6 nitrogen and oxygen atoms in total. The van der Waals surface area contributed by atoms with Crippen LogP contribution in [0.1, 0.15) is 52.0 Å². The largest absolute Gasteiger partial charge is 0.489 e. The van der Waals surface area contributed by atoms with E-state index in [2.05, 4.69) is 47.4 Å². The summed E-state index contributed by atoms with van der Waals surface area (Å²) >= 11 is 6.49. The van der Waals surface area contributed by atoms with Gasteiger partial charge in [0.1, 0.15) is 29.8 Å². The van der Waals surface area contributed by atoms with E-state index in [-0.39, 0.29) is 18.6 Å². The van der Waals surface area contributed by atoms with E-state index >= 15 is 0 Å². The van der Waals surface area contributed by atoms with Crippen molar-refractivity contribution >= 4 is 17.4 Å². The van der Waals surface area contributed by atoms with Crippen molar-refractivity contribution < 1.29 is 14.6 Å². The molecule has 0 bridgehead atoms. The first kappa shape index (κ1) is 23.4. The first-order chi connectivity index (χ1) is 14.6. The van der Waals surface area contributed by atoms with E-state index in [4.69, 9.17) is 21.1 Å². The molecule has 168 valence electrons. The van der Waals surface area contributed by atoms with Gasteiger partial charge in [0.25, 0.3) is 0 Å². The van der Waals surface area contributed by atoms with Gasteiger partial charge in [0.2, 0.25) is 5.88 Å². The van der Waals surface area contributed by atoms with Gasteiger partial charge in [-0.3, -0.25) is 0 Å². The lowest BCUT2D eigenvalue weighted by atomic mass is 9.95. The number of rotatable bonds is 9. The lowest BCUT2D eigenvalue weighted by molar-refractivity contribution is 0.0268. The van der Waals surface area contributed by atoms with Gasteiger partial charge in [0.15, 0.2) is 5.82 Å². The number of anilines is 1. The minimum atomic E-state index is -0.973. The summed E-state index contributed by atoms with van der Waals surface area (Å²) in [6.45, 7) is 13.2. The molecule has 0 saturated carbocycles. The number of nitrogens with zero attached hydrogens (tertiary/aromatic N) is 3. The molecule has 0 amide bonds. The van der Waals surface area contributed by atoms with Gasteiger partial charge in [-0.05, 0) is 50.8 Å². The molecule has 1 fully saturated rings. The number of hydrogen-bond acceptors (Lipinski definition) is 6. The van der Waals surface area contributed by atoms with Gasteiger partial charge in [-0.1, -0.05) is 36.2 Å². The van der Waals surface area contributed by atoms with E-state index in [0.29, 0.717) is 23.3 Å². The highest BCUT2D eigenvalue weighted by molar-refractivity contribution is 6.34. The summed E-state index contributed by atoms with van der Waals surface area (Å²) in [7, 11) is 0. The van der Waals surface area contributed by atoms with Gasteiger partial charge in [-0.15, -0.1) is 6.58 Å². The number of ether oxygens (including phenoxy) is 2. The Labute approximate surface area is 189 Å². The maximum Gasteiger partial charge on any atom is 0.238 e. The van der Waals surface area contributed by atoms with E-state index in [9.17, 15) is 5.11 Å². The Morgan fingerprint density at radius 3 is 2.68 bits per heavy atom. The van der Waals surface area contributed by atoms with Crippen molar-refractivity contribution in [2.45, 2.75) is 58.2 Å². The van der Waals surface area contributed by atoms with Gasteiger partial charge in [0, 0.05) is 13.0 Å². The molecule has 2 heterocycles. The molecule has 1 aliphatic heterocycles. The van der Waals surface area contributed by atoms with Crippen LogP contribution in [0.25, 0.3) is 0 Å². The summed E-state index contributed by atoms with van der Waals surface area (Å²) in [4.78, 5) is 10.5. The van der Waals surface area contributed by atoms with Crippen molar-refractivity contribution in [3.63, 3.8) is 0 Å². The second-order valence-electron chi connectivity index (χ2n) is 9.02. The predicted octanol–water partition coefficient (Wildman–Crippen LogP) is 5.01. The Balaban J connectivity index is 1.60. The third-order valence-corrected chi connectivity index (χ3v) is 5.48. The lowest BCUT2D eigenvalue weighted by Gasteiger charge is -2.21. The molecule has 0 unspecified atom stereocenters. The van der Waals surface area contributed by atoms with Gasteiger partial charge in [-0.2, -0.15) is 0 Å². The Morgan fingerprint density at radius 2 is 2.03 bits per heavy atom. The molecule has 3 rings (SSSR count). The standard InChI is InChI=1S/C24H32ClN3O3/c1-16(2)12-17(3)18-6-8-19(9-7-18)31-20-10-11-28(13-20)22-21(25)23(27-15-26-22)30-14-24(4,5)29/h6-9,15,17,20,29H,1,10-14H2,2-5H3/t17-,20-/m1/s1. The normalized spacial score (nSPS) is 17.5. The molecule has 1 aliphatic rings. The number of hydrogen-bond donors (Lipinski definition) is 1. The van der Waals surface area contributed by atoms with E-state index < -0.39 is 5.60 Å². The zero-order valence-electron chi connectivity index (χ0n) is 18.8. The fraction of sp³-hybridized carbons (Fsp3) is 0.500. The van der Waals surface area contributed by atoms with Gasteiger partial charge in [-0.25, -0.2) is 9.97 Å². The smallest absolute Gasteiger partial charge is 0.238 e. The number of allylic oxidation sites excluding steroid dienone is 1. The average Bonchev–Trinajstić information content (AvgIpc) is 3.14. The monoisotopic (exact) mass is 445 g/mol. The van der Waals surface area contributed by atoms with Crippen LogP contribution in [0.15, 0.2) is 42.7 Å². The van der Waals surface area contributed by atoms with E-state index in [0.717, 1.165) is 25.1 Å². The Morgan fingerprint density at radius 1 is 1.32 bits per heavy atom. The summed E-state index contributed by atoms with van der Waals surface area (Å²) in [5.41, 5.74) is 1.50. The van der Waals surface area contributed by atoms with E-state index in [1.165, 1.54) is 17.5 Å². The van der Waals surface area contributed by atoms with E-state index in [1.54, 1.807) is 13.8 Å². The SMILES string of the molecule is C=C(C)C[C@@H](C)c1ccc(O[C@@H]2CCN(c3ncnc(OCC(C)(C)O)c3Cl)C2)cc1. The highest BCUT2D eigenvalue weighted by Gasteiger charge is 2.28. The predicted molar refractivity (Wildman–Crippen MR) is 124 cm³/mol. The minimum Gasteiger partial charge on any atom is -0.489 e. The average molecular weight is 446 g/mol. The number of benzene rings is 1. The quantitative estimate of drug-likeness (QED) is 0.547. The highest BCUT2D eigenvalue weighted by Crippen LogP contribution is 2.33. The maximum atomic E-state index is 9.87. The fourth-order valence-corrected chi connectivity index (χ4v) is 3.91. The van der Waals surface area contributed by atoms with Crippen molar-refractivity contribution in [3.05, 3.63) is 53.3 Å². The van der Waals surface area contributed by atoms with Gasteiger partial charge >= 0.3 is 0 Å². The minimum absolute atomic E-state index is 0.0467. The van der Waals surface area contributed by atoms with Crippen LogP contribution in [0.2, 0.25) is 5.02 Å². The van der Waals surface area contributed by atoms with Gasteiger partial charge in [0.05, 0.1) is 12.1 Å². The molecule has 0 aliphatic carbocycles. The van der Waals surface area contributed by atoms with Crippen molar-refractivity contribution in [1.29, 1.82) is 0 Å². The number of aromatic nitrogens is 2. The number of halogens is 1. The summed E-state index contributed by atoms with van der Waals surface area (Å²) in [6, 6.07) is 8.33. The molecule has 1 saturated heterocycles. The third-order valence-electron chi connectivity index (χ3n) is 5.15. The highest BCUT2D eigenvalue weighted by atomic mass is 35.5. The van der Waals surface area contributed by atoms with Crippen LogP contribution < -0.4 is 14.4 Å². The molecule has 1 aromatic carbocycles. The zero-order chi connectivity index (χ0) is 22.6. The molecule has 0 radical (unpaired) electrons. The van der Waals surface area contributed by atoms with Crippen LogP contribution in [0, 0.1) is 0 Å². The van der Waals surface area contributed by atoms with Crippen LogP contribution in [-0.4, -0.2) is 46.5 Å². The zero-order valence-corrected chi connectivity index (χ0v) is 19.5. The summed E-state index contributed by atoms with van der Waals surface area (Å²) in [6.07, 6.45) is 3.33. The van der Waals surface area contributed by atoms with Gasteiger partial charge < -0.3 is 19.5 Å². The Kier molecular flexibility index (Phi) is 7.44. The molecular weight excluding hydrogens is 414 g/mol. The first-order valence-corrected chi connectivity index (χ1v) is 11.0. The number of aliphatic hydroxyl groups is 1. The van der Waals surface area contributed by atoms with Crippen LogP contribution in [-0.2, 0) is 0 Å². The van der Waals surface area contributed by atoms with E-state index in [1.807, 2.05) is 12.1 Å². The Hall–Kier alpha value is -2.31. The molecule has 2 aromatic rings.